The van der Waals surface area contributed by atoms with Crippen LogP contribution in [0.25, 0.3) is 0 Å². The average Bonchev–Trinajstić information content (AvgIpc) is 2.85. The number of piperidine rings is 1. The molecule has 1 amide bonds. The Kier molecular flexibility index (Phi) is 7.36. The SMILES string of the molecule is CCN1CCN(c2ccc(NC(=O)c3ccc(S(=O)(=O)N4CCCCC4C)cc3)cc2)CC1. The Bertz CT molecular complexity index is 1050. The van der Waals surface area contributed by atoms with Gasteiger partial charge in [0.05, 0.1) is 4.90 Å². The minimum atomic E-state index is -3.54. The topological polar surface area (TPSA) is 73.0 Å². The van der Waals surface area contributed by atoms with Crippen molar-refractivity contribution in [2.75, 3.05) is 49.5 Å². The summed E-state index contributed by atoms with van der Waals surface area (Å²) < 4.78 is 27.6. The number of rotatable bonds is 6. The number of sulfonamides is 1. The molecule has 178 valence electrons. The van der Waals surface area contributed by atoms with Crippen molar-refractivity contribution in [3.63, 3.8) is 0 Å². The van der Waals surface area contributed by atoms with Gasteiger partial charge in [-0.2, -0.15) is 4.31 Å². The van der Waals surface area contributed by atoms with E-state index in [-0.39, 0.29) is 16.8 Å². The van der Waals surface area contributed by atoms with Crippen LogP contribution in [0.4, 0.5) is 11.4 Å². The summed E-state index contributed by atoms with van der Waals surface area (Å²) in [6.07, 6.45) is 2.83. The predicted octanol–water partition coefficient (Wildman–Crippen LogP) is 3.64. The Labute approximate surface area is 197 Å². The maximum absolute atomic E-state index is 13.0. The smallest absolute Gasteiger partial charge is 0.255 e. The van der Waals surface area contributed by atoms with Gasteiger partial charge >= 0.3 is 0 Å². The van der Waals surface area contributed by atoms with E-state index in [1.807, 2.05) is 31.2 Å². The van der Waals surface area contributed by atoms with Crippen LogP contribution < -0.4 is 10.2 Å². The number of nitrogens with zero attached hydrogens (tertiary/aromatic N) is 3. The first-order chi connectivity index (χ1) is 15.9. The molecule has 2 aromatic rings. The molecule has 1 unspecified atom stereocenters. The number of amides is 1. The number of piperazine rings is 1. The number of hydrogen-bond acceptors (Lipinski definition) is 5. The molecule has 2 aliphatic rings. The lowest BCUT2D eigenvalue weighted by atomic mass is 10.1. The van der Waals surface area contributed by atoms with Gasteiger partial charge in [-0.15, -0.1) is 0 Å². The molecule has 0 aliphatic carbocycles. The highest BCUT2D eigenvalue weighted by atomic mass is 32.2. The van der Waals surface area contributed by atoms with Crippen LogP contribution in [0.2, 0.25) is 0 Å². The third kappa shape index (κ3) is 5.39. The van der Waals surface area contributed by atoms with E-state index in [0.717, 1.165) is 63.4 Å². The molecule has 2 aliphatic heterocycles. The minimum absolute atomic E-state index is 0.00483. The second-order valence-electron chi connectivity index (χ2n) is 8.91. The number of hydrogen-bond donors (Lipinski definition) is 1. The molecule has 0 bridgehead atoms. The molecular formula is C25H34N4O3S. The maximum Gasteiger partial charge on any atom is 0.255 e. The average molecular weight is 471 g/mol. The molecule has 33 heavy (non-hydrogen) atoms. The first kappa shape index (κ1) is 23.7. The Morgan fingerprint density at radius 3 is 2.21 bits per heavy atom. The van der Waals surface area contributed by atoms with Crippen LogP contribution in [-0.2, 0) is 10.0 Å². The number of nitrogens with one attached hydrogen (secondary N) is 1. The van der Waals surface area contributed by atoms with Gasteiger partial charge in [0, 0.05) is 55.7 Å². The van der Waals surface area contributed by atoms with Crippen LogP contribution >= 0.6 is 0 Å². The van der Waals surface area contributed by atoms with Crippen LogP contribution in [-0.4, -0.2) is 68.8 Å². The standard InChI is InChI=1S/C25H34N4O3S/c1-3-27-16-18-28(19-17-27)23-11-9-22(10-12-23)26-25(30)21-7-13-24(14-8-21)33(31,32)29-15-5-4-6-20(29)2/h7-14,20H,3-6,15-19H2,1-2H3,(H,26,30). The molecule has 2 saturated heterocycles. The second kappa shape index (κ2) is 10.2. The quantitative estimate of drug-likeness (QED) is 0.698. The van der Waals surface area contributed by atoms with Gasteiger partial charge in [-0.1, -0.05) is 13.3 Å². The molecule has 1 N–H and O–H groups in total. The van der Waals surface area contributed by atoms with Crippen molar-refractivity contribution in [2.24, 2.45) is 0 Å². The number of benzene rings is 2. The Hall–Kier alpha value is -2.42. The molecule has 7 nitrogen and oxygen atoms in total. The third-order valence-corrected chi connectivity index (χ3v) is 8.80. The molecule has 4 rings (SSSR count). The van der Waals surface area contributed by atoms with Gasteiger partial charge in [-0.05, 0) is 74.8 Å². The molecule has 1 atom stereocenters. The fraction of sp³-hybridized carbons (Fsp3) is 0.480. The highest BCUT2D eigenvalue weighted by Crippen LogP contribution is 2.25. The zero-order valence-electron chi connectivity index (χ0n) is 19.5. The van der Waals surface area contributed by atoms with Gasteiger partial charge in [0.1, 0.15) is 0 Å². The summed E-state index contributed by atoms with van der Waals surface area (Å²) in [5.74, 6) is -0.255. The highest BCUT2D eigenvalue weighted by molar-refractivity contribution is 7.89. The second-order valence-corrected chi connectivity index (χ2v) is 10.8. The normalized spacial score (nSPS) is 20.5. The maximum atomic E-state index is 13.0. The Morgan fingerprint density at radius 2 is 1.61 bits per heavy atom. The van der Waals surface area contributed by atoms with E-state index in [9.17, 15) is 13.2 Å². The molecule has 8 heteroatoms. The molecule has 0 saturated carbocycles. The highest BCUT2D eigenvalue weighted by Gasteiger charge is 2.31. The van der Waals surface area contributed by atoms with E-state index < -0.39 is 10.0 Å². The zero-order valence-corrected chi connectivity index (χ0v) is 20.4. The van der Waals surface area contributed by atoms with Gasteiger partial charge in [0.15, 0.2) is 0 Å². The van der Waals surface area contributed by atoms with Crippen molar-refractivity contribution in [1.82, 2.24) is 9.21 Å². The van der Waals surface area contributed by atoms with E-state index in [4.69, 9.17) is 0 Å². The van der Waals surface area contributed by atoms with Gasteiger partial charge < -0.3 is 15.1 Å². The van der Waals surface area contributed by atoms with Crippen LogP contribution in [0.3, 0.4) is 0 Å². The summed E-state index contributed by atoms with van der Waals surface area (Å²) in [6, 6.07) is 14.1. The van der Waals surface area contributed by atoms with E-state index in [0.29, 0.717) is 12.1 Å². The van der Waals surface area contributed by atoms with Crippen molar-refractivity contribution in [2.45, 2.75) is 44.0 Å². The lowest BCUT2D eigenvalue weighted by Gasteiger charge is -2.35. The first-order valence-corrected chi connectivity index (χ1v) is 13.3. The molecule has 2 heterocycles. The van der Waals surface area contributed by atoms with Crippen molar-refractivity contribution >= 4 is 27.3 Å². The molecule has 0 radical (unpaired) electrons. The number of likely N-dealkylation sites (N-methyl/N-ethyl adjacent to an activating group) is 1. The monoisotopic (exact) mass is 470 g/mol. The summed E-state index contributed by atoms with van der Waals surface area (Å²) in [5.41, 5.74) is 2.31. The van der Waals surface area contributed by atoms with Gasteiger partial charge in [0.2, 0.25) is 10.0 Å². The van der Waals surface area contributed by atoms with E-state index in [1.165, 1.54) is 12.1 Å². The van der Waals surface area contributed by atoms with Gasteiger partial charge in [0.25, 0.3) is 5.91 Å². The summed E-state index contributed by atoms with van der Waals surface area (Å²) in [5, 5.41) is 2.91. The number of anilines is 2. The van der Waals surface area contributed by atoms with Crippen molar-refractivity contribution in [3.05, 3.63) is 54.1 Å². The van der Waals surface area contributed by atoms with E-state index >= 15 is 0 Å². The number of carbonyl (C=O) groups is 1. The fourth-order valence-electron chi connectivity index (χ4n) is 4.62. The largest absolute Gasteiger partial charge is 0.369 e. The van der Waals surface area contributed by atoms with Gasteiger partial charge in [-0.25, -0.2) is 8.42 Å². The minimum Gasteiger partial charge on any atom is -0.369 e. The van der Waals surface area contributed by atoms with Crippen LogP contribution in [0.5, 0.6) is 0 Å². The van der Waals surface area contributed by atoms with Crippen LogP contribution in [0.15, 0.2) is 53.4 Å². The van der Waals surface area contributed by atoms with Crippen LogP contribution in [0, 0.1) is 0 Å². The fourth-order valence-corrected chi connectivity index (χ4v) is 6.32. The third-order valence-electron chi connectivity index (χ3n) is 6.77. The summed E-state index contributed by atoms with van der Waals surface area (Å²) in [4.78, 5) is 17.7. The molecule has 0 spiro atoms. The molecule has 0 aromatic heterocycles. The molecular weight excluding hydrogens is 436 g/mol. The first-order valence-electron chi connectivity index (χ1n) is 11.9. The Morgan fingerprint density at radius 1 is 0.939 bits per heavy atom. The lowest BCUT2D eigenvalue weighted by Crippen LogP contribution is -2.46. The molecule has 2 aromatic carbocycles. The van der Waals surface area contributed by atoms with E-state index in [2.05, 4.69) is 22.0 Å². The van der Waals surface area contributed by atoms with Gasteiger partial charge in [-0.3, -0.25) is 4.79 Å². The molecule has 2 fully saturated rings. The van der Waals surface area contributed by atoms with Crippen LogP contribution in [0.1, 0.15) is 43.5 Å². The van der Waals surface area contributed by atoms with Crippen molar-refractivity contribution < 1.29 is 13.2 Å². The summed E-state index contributed by atoms with van der Waals surface area (Å²) in [6.45, 7) is 9.92. The zero-order chi connectivity index (χ0) is 23.4. The van der Waals surface area contributed by atoms with E-state index in [1.54, 1.807) is 16.4 Å². The predicted molar refractivity (Wildman–Crippen MR) is 132 cm³/mol. The summed E-state index contributed by atoms with van der Waals surface area (Å²) in [7, 11) is -3.54. The summed E-state index contributed by atoms with van der Waals surface area (Å²) >= 11 is 0. The lowest BCUT2D eigenvalue weighted by molar-refractivity contribution is 0.102. The number of carbonyl (C=O) groups excluding carboxylic acids is 1. The van der Waals surface area contributed by atoms with Crippen molar-refractivity contribution in [3.8, 4) is 0 Å². The Balaban J connectivity index is 1.38. The van der Waals surface area contributed by atoms with Crippen molar-refractivity contribution in [1.29, 1.82) is 0 Å².